The van der Waals surface area contributed by atoms with Gasteiger partial charge in [-0.3, -0.25) is 0 Å². The molecule has 0 aromatic heterocycles. The second kappa shape index (κ2) is 10.2. The van der Waals surface area contributed by atoms with Gasteiger partial charge in [-0.2, -0.15) is 17.2 Å². The first-order valence-corrected chi connectivity index (χ1v) is 16.7. The third kappa shape index (κ3) is 4.51. The van der Waals surface area contributed by atoms with Crippen LogP contribution in [0.1, 0.15) is 38.5 Å². The van der Waals surface area contributed by atoms with E-state index in [9.17, 15) is 13.2 Å². The van der Waals surface area contributed by atoms with E-state index in [-0.39, 0.29) is 26.7 Å². The van der Waals surface area contributed by atoms with E-state index in [1.54, 1.807) is 54.6 Å². The number of carbonyl (C=O) groups is 1. The fourth-order valence-electron chi connectivity index (χ4n) is 7.69. The lowest BCUT2D eigenvalue weighted by molar-refractivity contribution is -0.0860. The van der Waals surface area contributed by atoms with E-state index >= 15 is 8.78 Å². The van der Waals surface area contributed by atoms with Crippen LogP contribution in [-0.2, 0) is 19.0 Å². The van der Waals surface area contributed by atoms with Crippen LogP contribution in [0.25, 0.3) is 0 Å². The van der Waals surface area contributed by atoms with Gasteiger partial charge in [0.2, 0.25) is 0 Å². The van der Waals surface area contributed by atoms with E-state index in [1.165, 1.54) is 55.7 Å². The van der Waals surface area contributed by atoms with Gasteiger partial charge in [0.1, 0.15) is 6.61 Å². The lowest BCUT2D eigenvalue weighted by atomic mass is 9.50. The van der Waals surface area contributed by atoms with E-state index in [4.69, 9.17) is 4.74 Å². The van der Waals surface area contributed by atoms with Gasteiger partial charge in [-0.25, -0.2) is 4.79 Å². The van der Waals surface area contributed by atoms with Gasteiger partial charge in [-0.15, -0.1) is 0 Å². The first-order chi connectivity index (χ1) is 19.2. The van der Waals surface area contributed by atoms with Crippen molar-refractivity contribution in [3.63, 3.8) is 0 Å². The maximum atomic E-state index is 16.9. The van der Waals surface area contributed by atoms with Crippen molar-refractivity contribution in [3.05, 3.63) is 91.0 Å². The number of halogens is 2. The van der Waals surface area contributed by atoms with Gasteiger partial charge in [0.05, 0.1) is 0 Å². The Hall–Kier alpha value is -2.91. The summed E-state index contributed by atoms with van der Waals surface area (Å²) in [6.45, 7) is -0.00944. The van der Waals surface area contributed by atoms with Gasteiger partial charge in [0.15, 0.2) is 0 Å². The van der Waals surface area contributed by atoms with Gasteiger partial charge >= 0.3 is 20.9 Å². The summed E-state index contributed by atoms with van der Waals surface area (Å²) in [7, 11) is -9.63. The van der Waals surface area contributed by atoms with Crippen molar-refractivity contribution in [1.82, 2.24) is 0 Å². The first-order valence-electron chi connectivity index (χ1n) is 13.6. The fourth-order valence-corrected chi connectivity index (χ4v) is 13.5. The second-order valence-electron chi connectivity index (χ2n) is 11.5. The highest BCUT2D eigenvalue weighted by Gasteiger charge is 2.64. The molecular weight excluding hydrogens is 554 g/mol. The molecule has 0 amide bonds. The Bertz CT molecular complexity index is 1330. The molecule has 3 aromatic carbocycles. The molecule has 0 spiro atoms. The number of hydrogen-bond donors (Lipinski definition) is 0. The Kier molecular flexibility index (Phi) is 6.94. The normalized spacial score (nSPS) is 26.3. The summed E-state index contributed by atoms with van der Waals surface area (Å²) in [5, 5.41) is 0. The third-order valence-corrected chi connectivity index (χ3v) is 14.7. The quantitative estimate of drug-likeness (QED) is 0.197. The van der Waals surface area contributed by atoms with Crippen LogP contribution in [0, 0.1) is 23.2 Å². The molecule has 4 bridgehead atoms. The molecule has 0 saturated heterocycles. The SMILES string of the molecule is O=C(OCC12CC3CC(CC(C3)C1)C2)OS(=O)(=O)C(F)(F)S(c1ccccc1)(c1ccccc1)c1ccccc1. The highest BCUT2D eigenvalue weighted by atomic mass is 32.3. The Labute approximate surface area is 235 Å². The maximum Gasteiger partial charge on any atom is 0.524 e. The first kappa shape index (κ1) is 27.3. The topological polar surface area (TPSA) is 69.7 Å². The smallest absolute Gasteiger partial charge is 0.433 e. The van der Waals surface area contributed by atoms with Crippen LogP contribution >= 0.6 is 10.0 Å². The van der Waals surface area contributed by atoms with Crippen LogP contribution in [-0.4, -0.2) is 25.8 Å². The minimum Gasteiger partial charge on any atom is -0.433 e. The molecule has 0 aliphatic heterocycles. The number of carbonyl (C=O) groups excluding carboxylic acids is 1. The van der Waals surface area contributed by atoms with E-state index in [2.05, 4.69) is 4.18 Å². The van der Waals surface area contributed by atoms with Crippen molar-refractivity contribution in [1.29, 1.82) is 0 Å². The molecule has 0 heterocycles. The molecular formula is C31H32F2O5S2. The number of ether oxygens (including phenoxy) is 1. The molecule has 4 saturated carbocycles. The van der Waals surface area contributed by atoms with Gasteiger partial charge in [-0.1, -0.05) is 64.6 Å². The minimum absolute atomic E-state index is 0.00944. The number of hydrogen-bond acceptors (Lipinski definition) is 5. The average molecular weight is 587 g/mol. The molecule has 0 atom stereocenters. The van der Waals surface area contributed by atoms with Gasteiger partial charge in [0, 0.05) is 20.1 Å². The molecule has 7 rings (SSSR count). The van der Waals surface area contributed by atoms with Crippen molar-refractivity contribution in [2.75, 3.05) is 6.61 Å². The van der Waals surface area contributed by atoms with Crippen molar-refractivity contribution in [3.8, 4) is 0 Å². The van der Waals surface area contributed by atoms with E-state index in [1.807, 2.05) is 0 Å². The number of benzene rings is 3. The monoisotopic (exact) mass is 586 g/mol. The van der Waals surface area contributed by atoms with Crippen LogP contribution in [0.4, 0.5) is 13.6 Å². The predicted octanol–water partition coefficient (Wildman–Crippen LogP) is 8.22. The van der Waals surface area contributed by atoms with Gasteiger partial charge in [-0.05, 0) is 92.7 Å². The summed E-state index contributed by atoms with van der Waals surface area (Å²) in [4.78, 5) is 13.1. The van der Waals surface area contributed by atoms with Crippen LogP contribution < -0.4 is 0 Å². The third-order valence-electron chi connectivity index (χ3n) is 8.78. The Morgan fingerprint density at radius 1 is 0.725 bits per heavy atom. The summed E-state index contributed by atoms with van der Waals surface area (Å²) in [5.74, 6) is 1.77. The molecule has 212 valence electrons. The molecule has 4 aliphatic carbocycles. The molecule has 40 heavy (non-hydrogen) atoms. The molecule has 3 aromatic rings. The van der Waals surface area contributed by atoms with Crippen LogP contribution in [0.15, 0.2) is 106 Å². The van der Waals surface area contributed by atoms with Gasteiger partial charge < -0.3 is 8.92 Å². The molecule has 0 N–H and O–H groups in total. The zero-order chi connectivity index (χ0) is 28.0. The van der Waals surface area contributed by atoms with Crippen LogP contribution in [0.2, 0.25) is 0 Å². The summed E-state index contributed by atoms with van der Waals surface area (Å²) < 4.78 is 66.2. The van der Waals surface area contributed by atoms with Crippen LogP contribution in [0.3, 0.4) is 0 Å². The summed E-state index contributed by atoms with van der Waals surface area (Å²) in [6.07, 6.45) is 4.71. The van der Waals surface area contributed by atoms with Crippen molar-refractivity contribution in [2.24, 2.45) is 23.2 Å². The summed E-state index contributed by atoms with van der Waals surface area (Å²) in [5.41, 5.74) is -0.215. The predicted molar refractivity (Wildman–Crippen MR) is 149 cm³/mol. The van der Waals surface area contributed by atoms with Crippen molar-refractivity contribution >= 4 is 26.3 Å². The minimum atomic E-state index is -5.81. The van der Waals surface area contributed by atoms with E-state index in [0.717, 1.165) is 19.3 Å². The Morgan fingerprint density at radius 3 is 1.48 bits per heavy atom. The summed E-state index contributed by atoms with van der Waals surface area (Å²) >= 11 is 0. The van der Waals surface area contributed by atoms with E-state index < -0.39 is 30.9 Å². The number of rotatable bonds is 8. The lowest BCUT2D eigenvalue weighted by Crippen LogP contribution is -2.48. The highest BCUT2D eigenvalue weighted by molar-refractivity contribution is 8.39. The summed E-state index contributed by atoms with van der Waals surface area (Å²) in [6, 6.07) is 23.5. The Morgan fingerprint density at radius 2 is 1.10 bits per heavy atom. The number of alkyl halides is 2. The van der Waals surface area contributed by atoms with E-state index in [0.29, 0.717) is 17.8 Å². The fraction of sp³-hybridized carbons (Fsp3) is 0.387. The zero-order valence-corrected chi connectivity index (χ0v) is 23.6. The van der Waals surface area contributed by atoms with Crippen molar-refractivity contribution in [2.45, 2.75) is 57.8 Å². The molecule has 9 heteroatoms. The van der Waals surface area contributed by atoms with Gasteiger partial charge in [0.25, 0.3) is 0 Å². The zero-order valence-electron chi connectivity index (χ0n) is 22.0. The van der Waals surface area contributed by atoms with Crippen LogP contribution in [0.5, 0.6) is 0 Å². The Balaban J connectivity index is 1.34. The molecule has 0 radical (unpaired) electrons. The maximum absolute atomic E-state index is 16.9. The second-order valence-corrected chi connectivity index (χ2v) is 16.5. The standard InChI is InChI=1S/C31H32F2O5S2/c32-31(33,40(35,36)38-29(34)37-22-30-19-23-16-24(20-30)18-25(17-23)21-30)39(26-10-4-1-5-11-26,27-12-6-2-7-13-27)28-14-8-3-9-15-28/h1-15,23-25H,16-22H2. The molecule has 5 nitrogen and oxygen atoms in total. The molecule has 0 unspecified atom stereocenters. The largest absolute Gasteiger partial charge is 0.524 e. The average Bonchev–Trinajstić information content (AvgIpc) is 2.93. The molecule has 4 aliphatic rings. The molecule has 4 fully saturated rings. The van der Waals surface area contributed by atoms with Crippen molar-refractivity contribution < 1.29 is 30.9 Å². The highest BCUT2D eigenvalue weighted by Crippen LogP contribution is 2.78. The lowest BCUT2D eigenvalue weighted by Gasteiger charge is -2.56.